The van der Waals surface area contributed by atoms with E-state index in [1.165, 1.54) is 0 Å². The van der Waals surface area contributed by atoms with Gasteiger partial charge >= 0.3 is 0 Å². The highest BCUT2D eigenvalue weighted by Gasteiger charge is 2.02. The van der Waals surface area contributed by atoms with Gasteiger partial charge in [0, 0.05) is 24.9 Å². The second-order valence-electron chi connectivity index (χ2n) is 4.54. The van der Waals surface area contributed by atoms with E-state index in [2.05, 4.69) is 12.2 Å². The lowest BCUT2D eigenvalue weighted by atomic mass is 10.1. The van der Waals surface area contributed by atoms with Crippen LogP contribution in [0.1, 0.15) is 26.7 Å². The second-order valence-corrected chi connectivity index (χ2v) is 4.54. The summed E-state index contributed by atoms with van der Waals surface area (Å²) in [4.78, 5) is 0. The van der Waals surface area contributed by atoms with Crippen molar-refractivity contribution in [2.24, 2.45) is 5.92 Å². The van der Waals surface area contributed by atoms with E-state index in [0.717, 1.165) is 30.8 Å². The lowest BCUT2D eigenvalue weighted by Gasteiger charge is -2.12. The van der Waals surface area contributed by atoms with E-state index >= 15 is 0 Å². The molecule has 4 heteroatoms. The summed E-state index contributed by atoms with van der Waals surface area (Å²) in [7, 11) is 0. The Balaban J connectivity index is 2.40. The summed E-state index contributed by atoms with van der Waals surface area (Å²) in [6.07, 6.45) is 2.06. The Morgan fingerprint density at radius 2 is 2.22 bits per heavy atom. The van der Waals surface area contributed by atoms with Crippen LogP contribution in [0.5, 0.6) is 5.75 Å². The number of aliphatic hydroxyl groups is 1. The zero-order valence-electron chi connectivity index (χ0n) is 11.3. The number of nitrogen functional groups attached to an aromatic ring is 1. The Kier molecular flexibility index (Phi) is 6.36. The van der Waals surface area contributed by atoms with Crippen LogP contribution in [0.2, 0.25) is 0 Å². The molecule has 0 aromatic heterocycles. The number of hydrogen-bond acceptors (Lipinski definition) is 4. The Labute approximate surface area is 109 Å². The molecule has 0 amide bonds. The Hall–Kier alpha value is -1.42. The van der Waals surface area contributed by atoms with Gasteiger partial charge in [-0.3, -0.25) is 0 Å². The van der Waals surface area contributed by atoms with E-state index in [4.69, 9.17) is 15.6 Å². The predicted molar refractivity (Wildman–Crippen MR) is 76.0 cm³/mol. The molecule has 0 heterocycles. The van der Waals surface area contributed by atoms with Crippen molar-refractivity contribution in [3.8, 4) is 5.75 Å². The van der Waals surface area contributed by atoms with Crippen LogP contribution in [0.25, 0.3) is 0 Å². The Morgan fingerprint density at radius 3 is 2.89 bits per heavy atom. The molecule has 1 unspecified atom stereocenters. The molecule has 1 rings (SSSR count). The fraction of sp³-hybridized carbons (Fsp3) is 0.571. The Bertz CT molecular complexity index is 356. The number of nitrogens with one attached hydrogen (secondary N) is 1. The molecule has 0 aliphatic heterocycles. The van der Waals surface area contributed by atoms with Gasteiger partial charge in [-0.25, -0.2) is 0 Å². The van der Waals surface area contributed by atoms with Gasteiger partial charge in [-0.05, 0) is 37.8 Å². The molecule has 0 aliphatic rings. The van der Waals surface area contributed by atoms with Crippen LogP contribution >= 0.6 is 0 Å². The Morgan fingerprint density at radius 1 is 1.44 bits per heavy atom. The number of benzene rings is 1. The summed E-state index contributed by atoms with van der Waals surface area (Å²) in [5.74, 6) is 1.10. The minimum absolute atomic E-state index is 0.260. The maximum absolute atomic E-state index is 8.93. The highest BCUT2D eigenvalue weighted by Crippen LogP contribution is 2.25. The average Bonchev–Trinajstić information content (AvgIpc) is 2.38. The lowest BCUT2D eigenvalue weighted by molar-refractivity contribution is 0.229. The summed E-state index contributed by atoms with van der Waals surface area (Å²) < 4.78 is 5.44. The summed E-state index contributed by atoms with van der Waals surface area (Å²) in [5, 5.41) is 12.3. The van der Waals surface area contributed by atoms with Gasteiger partial charge < -0.3 is 20.9 Å². The van der Waals surface area contributed by atoms with Crippen molar-refractivity contribution in [2.75, 3.05) is 30.8 Å². The summed E-state index contributed by atoms with van der Waals surface area (Å²) in [6.45, 7) is 5.75. The van der Waals surface area contributed by atoms with Crippen molar-refractivity contribution < 1.29 is 9.84 Å². The molecule has 18 heavy (non-hydrogen) atoms. The molecule has 4 N–H and O–H groups in total. The molecule has 4 nitrogen and oxygen atoms in total. The first-order valence-electron chi connectivity index (χ1n) is 6.54. The molecule has 1 aromatic rings. The van der Waals surface area contributed by atoms with E-state index in [0.29, 0.717) is 18.2 Å². The molecule has 1 atom stereocenters. The van der Waals surface area contributed by atoms with E-state index in [1.807, 2.05) is 25.1 Å². The van der Waals surface area contributed by atoms with Gasteiger partial charge in [0.15, 0.2) is 0 Å². The first kappa shape index (κ1) is 14.6. The third-order valence-corrected chi connectivity index (χ3v) is 2.83. The van der Waals surface area contributed by atoms with Crippen molar-refractivity contribution in [2.45, 2.75) is 26.7 Å². The topological polar surface area (TPSA) is 67.5 Å². The van der Waals surface area contributed by atoms with Crippen LogP contribution in [0.4, 0.5) is 11.4 Å². The van der Waals surface area contributed by atoms with Crippen molar-refractivity contribution in [1.29, 1.82) is 0 Å². The zero-order valence-corrected chi connectivity index (χ0v) is 11.3. The van der Waals surface area contributed by atoms with Crippen LogP contribution in [-0.2, 0) is 0 Å². The average molecular weight is 252 g/mol. The van der Waals surface area contributed by atoms with Gasteiger partial charge in [0.1, 0.15) is 5.75 Å². The molecule has 0 saturated carbocycles. The van der Waals surface area contributed by atoms with Crippen molar-refractivity contribution in [3.05, 3.63) is 18.2 Å². The standard InChI is InChI=1S/C14H24N2O2/c1-3-18-14-9-12(6-7-13(14)15)16-8-4-5-11(2)10-17/h6-7,9,11,16-17H,3-5,8,10,15H2,1-2H3. The fourth-order valence-electron chi connectivity index (χ4n) is 1.70. The van der Waals surface area contributed by atoms with E-state index < -0.39 is 0 Å². The molecule has 0 fully saturated rings. The second kappa shape index (κ2) is 7.82. The number of anilines is 2. The van der Waals surface area contributed by atoms with Gasteiger partial charge in [0.25, 0.3) is 0 Å². The maximum Gasteiger partial charge on any atom is 0.144 e. The maximum atomic E-state index is 8.93. The largest absolute Gasteiger partial charge is 0.492 e. The SMILES string of the molecule is CCOc1cc(NCCCC(C)CO)ccc1N. The van der Waals surface area contributed by atoms with Crippen LogP contribution in [0.3, 0.4) is 0 Å². The van der Waals surface area contributed by atoms with Crippen LogP contribution in [0, 0.1) is 5.92 Å². The monoisotopic (exact) mass is 252 g/mol. The van der Waals surface area contributed by atoms with Crippen LogP contribution in [0.15, 0.2) is 18.2 Å². The fourth-order valence-corrected chi connectivity index (χ4v) is 1.70. The van der Waals surface area contributed by atoms with Crippen molar-refractivity contribution in [3.63, 3.8) is 0 Å². The number of ether oxygens (including phenoxy) is 1. The minimum Gasteiger partial charge on any atom is -0.492 e. The normalized spacial score (nSPS) is 12.2. The third kappa shape index (κ3) is 4.84. The molecule has 0 spiro atoms. The quantitative estimate of drug-likeness (QED) is 0.491. The summed E-state index contributed by atoms with van der Waals surface area (Å²) in [5.41, 5.74) is 7.49. The first-order chi connectivity index (χ1) is 8.67. The van der Waals surface area contributed by atoms with Crippen LogP contribution < -0.4 is 15.8 Å². The molecular weight excluding hydrogens is 228 g/mol. The third-order valence-electron chi connectivity index (χ3n) is 2.83. The first-order valence-corrected chi connectivity index (χ1v) is 6.54. The highest BCUT2D eigenvalue weighted by molar-refractivity contribution is 5.61. The van der Waals surface area contributed by atoms with Gasteiger partial charge in [0.2, 0.25) is 0 Å². The van der Waals surface area contributed by atoms with Crippen molar-refractivity contribution in [1.82, 2.24) is 0 Å². The van der Waals surface area contributed by atoms with Gasteiger partial charge in [-0.15, -0.1) is 0 Å². The van der Waals surface area contributed by atoms with Crippen molar-refractivity contribution >= 4 is 11.4 Å². The lowest BCUT2D eigenvalue weighted by Crippen LogP contribution is -2.07. The summed E-state index contributed by atoms with van der Waals surface area (Å²) in [6, 6.07) is 5.73. The highest BCUT2D eigenvalue weighted by atomic mass is 16.5. The molecule has 102 valence electrons. The molecule has 0 bridgehead atoms. The number of aliphatic hydroxyl groups excluding tert-OH is 1. The number of rotatable bonds is 8. The molecule has 0 aliphatic carbocycles. The molecule has 0 saturated heterocycles. The number of hydrogen-bond donors (Lipinski definition) is 3. The number of nitrogens with two attached hydrogens (primary N) is 1. The van der Waals surface area contributed by atoms with Gasteiger partial charge in [0.05, 0.1) is 12.3 Å². The van der Waals surface area contributed by atoms with E-state index in [9.17, 15) is 0 Å². The molecule has 1 aromatic carbocycles. The van der Waals surface area contributed by atoms with Gasteiger partial charge in [-0.2, -0.15) is 0 Å². The van der Waals surface area contributed by atoms with Gasteiger partial charge in [-0.1, -0.05) is 6.92 Å². The zero-order chi connectivity index (χ0) is 13.4. The van der Waals surface area contributed by atoms with E-state index in [-0.39, 0.29) is 6.61 Å². The van der Waals surface area contributed by atoms with E-state index in [1.54, 1.807) is 0 Å². The summed E-state index contributed by atoms with van der Waals surface area (Å²) >= 11 is 0. The predicted octanol–water partition coefficient (Wildman–Crippen LogP) is 2.49. The molecular formula is C14H24N2O2. The van der Waals surface area contributed by atoms with Crippen LogP contribution in [-0.4, -0.2) is 24.9 Å². The molecule has 0 radical (unpaired) electrons. The smallest absolute Gasteiger partial charge is 0.144 e. The minimum atomic E-state index is 0.260.